The molecule has 0 saturated carbocycles. The van der Waals surface area contributed by atoms with E-state index in [0.29, 0.717) is 12.1 Å². The number of anilines is 1. The molecule has 1 N–H and O–H groups in total. The number of likely N-dealkylation sites (N-methyl/N-ethyl adjacent to an activating group) is 1. The highest BCUT2D eigenvalue weighted by molar-refractivity contribution is 7.99. The summed E-state index contributed by atoms with van der Waals surface area (Å²) in [5.74, 6) is -0.567. The first kappa shape index (κ1) is 26.0. The number of hydrogen-bond acceptors (Lipinski definition) is 7. The van der Waals surface area contributed by atoms with Crippen LogP contribution in [0.4, 0.5) is 5.69 Å². The van der Waals surface area contributed by atoms with E-state index in [1.807, 2.05) is 51.3 Å². The van der Waals surface area contributed by atoms with E-state index in [1.165, 1.54) is 0 Å². The third kappa shape index (κ3) is 5.37. The SMILES string of the molecule is CCN1CCN(c2ccc(C(=O)NC(C(=O)N3C[C@H](SC)[C@H]4OCC(=O)[C@H]43)C(C)(C)C)cc2)CC1. The van der Waals surface area contributed by atoms with Gasteiger partial charge in [0.25, 0.3) is 5.91 Å². The second kappa shape index (κ2) is 10.5. The first-order valence-corrected chi connectivity index (χ1v) is 13.8. The highest BCUT2D eigenvalue weighted by Crippen LogP contribution is 2.35. The highest BCUT2D eigenvalue weighted by Gasteiger charge is 2.53. The number of fused-ring (bicyclic) bond motifs is 1. The zero-order valence-corrected chi connectivity index (χ0v) is 22.3. The lowest BCUT2D eigenvalue weighted by Gasteiger charge is -2.36. The summed E-state index contributed by atoms with van der Waals surface area (Å²) in [6, 6.07) is 6.29. The van der Waals surface area contributed by atoms with Gasteiger partial charge in [-0.15, -0.1) is 0 Å². The fourth-order valence-electron chi connectivity index (χ4n) is 5.22. The maximum absolute atomic E-state index is 13.7. The monoisotopic (exact) mass is 502 g/mol. The number of nitrogens with one attached hydrogen (secondary N) is 1. The summed E-state index contributed by atoms with van der Waals surface area (Å²) in [6.45, 7) is 13.6. The number of benzene rings is 1. The van der Waals surface area contributed by atoms with Crippen LogP contribution in [0, 0.1) is 5.41 Å². The lowest BCUT2D eigenvalue weighted by atomic mass is 9.85. The lowest BCUT2D eigenvalue weighted by Crippen LogP contribution is -2.57. The van der Waals surface area contributed by atoms with Gasteiger partial charge in [0.1, 0.15) is 18.7 Å². The van der Waals surface area contributed by atoms with Gasteiger partial charge >= 0.3 is 0 Å². The lowest BCUT2D eigenvalue weighted by molar-refractivity contribution is -0.140. The molecule has 3 fully saturated rings. The molecule has 3 heterocycles. The molecule has 3 aliphatic heterocycles. The van der Waals surface area contributed by atoms with Crippen LogP contribution in [0.15, 0.2) is 24.3 Å². The summed E-state index contributed by atoms with van der Waals surface area (Å²) in [4.78, 5) is 45.8. The summed E-state index contributed by atoms with van der Waals surface area (Å²) in [6.07, 6.45) is 1.70. The van der Waals surface area contributed by atoms with Gasteiger partial charge in [0.15, 0.2) is 5.78 Å². The van der Waals surface area contributed by atoms with Gasteiger partial charge in [-0.1, -0.05) is 27.7 Å². The molecular weight excluding hydrogens is 464 g/mol. The van der Waals surface area contributed by atoms with E-state index in [4.69, 9.17) is 4.74 Å². The maximum atomic E-state index is 13.7. The predicted octanol–water partition coefficient (Wildman–Crippen LogP) is 1.88. The Morgan fingerprint density at radius 2 is 1.80 bits per heavy atom. The number of carbonyl (C=O) groups is 3. The van der Waals surface area contributed by atoms with E-state index >= 15 is 0 Å². The van der Waals surface area contributed by atoms with Crippen molar-refractivity contribution < 1.29 is 19.1 Å². The molecule has 3 aliphatic rings. The van der Waals surface area contributed by atoms with Crippen molar-refractivity contribution in [3.05, 3.63) is 29.8 Å². The molecule has 1 unspecified atom stereocenters. The Balaban J connectivity index is 1.46. The summed E-state index contributed by atoms with van der Waals surface area (Å²) < 4.78 is 5.70. The summed E-state index contributed by atoms with van der Waals surface area (Å²) in [5, 5.41) is 3.03. The molecule has 3 saturated heterocycles. The zero-order chi connectivity index (χ0) is 25.3. The number of ether oxygens (including phenoxy) is 1. The van der Waals surface area contributed by atoms with E-state index in [-0.39, 0.29) is 35.6 Å². The minimum Gasteiger partial charge on any atom is -0.369 e. The molecule has 8 nitrogen and oxygen atoms in total. The van der Waals surface area contributed by atoms with Crippen LogP contribution >= 0.6 is 11.8 Å². The van der Waals surface area contributed by atoms with E-state index in [9.17, 15) is 14.4 Å². The fourth-order valence-corrected chi connectivity index (χ4v) is 6.03. The van der Waals surface area contributed by atoms with Gasteiger partial charge in [-0.25, -0.2) is 0 Å². The van der Waals surface area contributed by atoms with Crippen molar-refractivity contribution in [2.45, 2.75) is 51.1 Å². The highest BCUT2D eigenvalue weighted by atomic mass is 32.2. The Morgan fingerprint density at radius 3 is 2.37 bits per heavy atom. The van der Waals surface area contributed by atoms with Gasteiger partial charge in [-0.05, 0) is 42.5 Å². The molecule has 0 aromatic heterocycles. The first-order chi connectivity index (χ1) is 16.6. The Kier molecular flexibility index (Phi) is 7.78. The summed E-state index contributed by atoms with van der Waals surface area (Å²) in [7, 11) is 0. The number of likely N-dealkylation sites (tertiary alicyclic amines) is 1. The van der Waals surface area contributed by atoms with E-state index in [0.717, 1.165) is 38.4 Å². The van der Waals surface area contributed by atoms with Crippen molar-refractivity contribution in [3.8, 4) is 0 Å². The van der Waals surface area contributed by atoms with Gasteiger partial charge < -0.3 is 24.8 Å². The minimum atomic E-state index is -0.758. The molecule has 4 rings (SSSR count). The molecule has 0 aliphatic carbocycles. The van der Waals surface area contributed by atoms with Crippen LogP contribution in [0.25, 0.3) is 0 Å². The number of thioether (sulfide) groups is 1. The van der Waals surface area contributed by atoms with Crippen molar-refractivity contribution in [1.82, 2.24) is 15.1 Å². The van der Waals surface area contributed by atoms with Crippen LogP contribution in [0.3, 0.4) is 0 Å². The minimum absolute atomic E-state index is 0.0442. The van der Waals surface area contributed by atoms with Gasteiger partial charge in [0.05, 0.1) is 11.4 Å². The third-order valence-electron chi connectivity index (χ3n) is 7.43. The molecule has 1 aromatic rings. The number of carbonyl (C=O) groups excluding carboxylic acids is 3. The predicted molar refractivity (Wildman–Crippen MR) is 139 cm³/mol. The largest absolute Gasteiger partial charge is 0.369 e. The van der Waals surface area contributed by atoms with Gasteiger partial charge in [-0.2, -0.15) is 11.8 Å². The Labute approximate surface area is 212 Å². The van der Waals surface area contributed by atoms with Crippen molar-refractivity contribution in [1.29, 1.82) is 0 Å². The molecule has 0 spiro atoms. The van der Waals surface area contributed by atoms with E-state index < -0.39 is 17.5 Å². The second-order valence-corrected chi connectivity index (χ2v) is 11.8. The topological polar surface area (TPSA) is 82.2 Å². The number of hydrogen-bond donors (Lipinski definition) is 1. The molecule has 0 bridgehead atoms. The summed E-state index contributed by atoms with van der Waals surface area (Å²) in [5.41, 5.74) is 1.09. The van der Waals surface area contributed by atoms with Gasteiger partial charge in [0, 0.05) is 44.0 Å². The van der Waals surface area contributed by atoms with Crippen molar-refractivity contribution in [2.24, 2.45) is 5.41 Å². The van der Waals surface area contributed by atoms with Crippen molar-refractivity contribution in [3.63, 3.8) is 0 Å². The number of piperazine rings is 1. The van der Waals surface area contributed by atoms with Crippen LogP contribution in [-0.4, -0.2) is 103 Å². The standard InChI is InChI=1S/C26H38N4O4S/c1-6-28-11-13-29(14-12-28)18-9-7-17(8-10-18)24(32)27-23(26(2,3)4)25(33)30-15-20(35-5)22-21(30)19(31)16-34-22/h7-10,20-23H,6,11-16H2,1-5H3,(H,27,32)/t20-,21+,22+,23?/m0/s1. The van der Waals surface area contributed by atoms with Crippen LogP contribution in [0.2, 0.25) is 0 Å². The maximum Gasteiger partial charge on any atom is 0.251 e. The Bertz CT molecular complexity index is 940. The number of amides is 2. The summed E-state index contributed by atoms with van der Waals surface area (Å²) >= 11 is 1.61. The third-order valence-corrected chi connectivity index (χ3v) is 8.45. The molecule has 1 aromatic carbocycles. The molecule has 2 amide bonds. The average molecular weight is 503 g/mol. The van der Waals surface area contributed by atoms with Gasteiger partial charge in [-0.3, -0.25) is 14.4 Å². The quantitative estimate of drug-likeness (QED) is 0.636. The molecule has 4 atom stereocenters. The number of Topliss-reactive ketones (excluding diaryl/α,β-unsaturated/α-hetero) is 1. The first-order valence-electron chi connectivity index (χ1n) is 12.5. The average Bonchev–Trinajstić information content (AvgIpc) is 3.41. The Morgan fingerprint density at radius 1 is 1.14 bits per heavy atom. The Hall–Kier alpha value is -2.10. The number of rotatable bonds is 6. The normalized spacial score (nSPS) is 26.1. The molecule has 35 heavy (non-hydrogen) atoms. The van der Waals surface area contributed by atoms with Crippen LogP contribution in [0.5, 0.6) is 0 Å². The molecule has 9 heteroatoms. The number of ketones is 1. The van der Waals surface area contributed by atoms with E-state index in [1.54, 1.807) is 16.7 Å². The van der Waals surface area contributed by atoms with Crippen LogP contribution in [-0.2, 0) is 14.3 Å². The zero-order valence-electron chi connectivity index (χ0n) is 21.5. The van der Waals surface area contributed by atoms with Crippen LogP contribution < -0.4 is 10.2 Å². The van der Waals surface area contributed by atoms with Crippen LogP contribution in [0.1, 0.15) is 38.1 Å². The van der Waals surface area contributed by atoms with Crippen molar-refractivity contribution in [2.75, 3.05) is 57.0 Å². The number of nitrogens with zero attached hydrogens (tertiary/aromatic N) is 3. The second-order valence-electron chi connectivity index (χ2n) is 10.7. The smallest absolute Gasteiger partial charge is 0.251 e. The molecule has 192 valence electrons. The van der Waals surface area contributed by atoms with Crippen molar-refractivity contribution >= 4 is 35.0 Å². The van der Waals surface area contributed by atoms with E-state index in [2.05, 4.69) is 22.0 Å². The molecule has 0 radical (unpaired) electrons. The van der Waals surface area contributed by atoms with Gasteiger partial charge in [0.2, 0.25) is 5.91 Å². The molecular formula is C26H38N4O4S. The fraction of sp³-hybridized carbons (Fsp3) is 0.654.